The summed E-state index contributed by atoms with van der Waals surface area (Å²) in [5.41, 5.74) is 2.05. The molecule has 0 aliphatic carbocycles. The van der Waals surface area contributed by atoms with Crippen LogP contribution in [0, 0.1) is 11.6 Å². The summed E-state index contributed by atoms with van der Waals surface area (Å²) in [4.78, 5) is 5.21. The topological polar surface area (TPSA) is 74.4 Å². The number of rotatable bonds is 5. The fourth-order valence-corrected chi connectivity index (χ4v) is 1.31. The SMILES string of the molecule is CC(O)CCN(C)c1nc(NN)c(F)cc1F. The summed E-state index contributed by atoms with van der Waals surface area (Å²) in [7, 11) is 1.60. The van der Waals surface area contributed by atoms with Gasteiger partial charge in [-0.2, -0.15) is 0 Å². The quantitative estimate of drug-likeness (QED) is 0.530. The zero-order chi connectivity index (χ0) is 13.0. The van der Waals surface area contributed by atoms with Gasteiger partial charge >= 0.3 is 0 Å². The minimum Gasteiger partial charge on any atom is -0.393 e. The van der Waals surface area contributed by atoms with Gasteiger partial charge in [-0.15, -0.1) is 0 Å². The Morgan fingerprint density at radius 2 is 2.18 bits per heavy atom. The predicted octanol–water partition coefficient (Wildman–Crippen LogP) is 0.852. The van der Waals surface area contributed by atoms with Crippen molar-refractivity contribution in [1.29, 1.82) is 0 Å². The summed E-state index contributed by atoms with van der Waals surface area (Å²) in [6.07, 6.45) is -0.0338. The summed E-state index contributed by atoms with van der Waals surface area (Å²) in [6.45, 7) is 2.03. The monoisotopic (exact) mass is 246 g/mol. The molecule has 1 aromatic heterocycles. The highest BCUT2D eigenvalue weighted by Gasteiger charge is 2.14. The molecule has 0 spiro atoms. The Morgan fingerprint density at radius 1 is 1.53 bits per heavy atom. The molecular weight excluding hydrogens is 230 g/mol. The molecule has 1 rings (SSSR count). The van der Waals surface area contributed by atoms with Gasteiger partial charge < -0.3 is 15.4 Å². The van der Waals surface area contributed by atoms with Crippen molar-refractivity contribution in [2.45, 2.75) is 19.4 Å². The van der Waals surface area contributed by atoms with Gasteiger partial charge in [0.25, 0.3) is 0 Å². The van der Waals surface area contributed by atoms with E-state index in [4.69, 9.17) is 10.9 Å². The fourth-order valence-electron chi connectivity index (χ4n) is 1.31. The smallest absolute Gasteiger partial charge is 0.178 e. The number of hydrazine groups is 1. The van der Waals surface area contributed by atoms with Gasteiger partial charge in [-0.1, -0.05) is 0 Å². The number of nitrogens with zero attached hydrogens (tertiary/aromatic N) is 2. The van der Waals surface area contributed by atoms with E-state index in [-0.39, 0.29) is 11.6 Å². The lowest BCUT2D eigenvalue weighted by molar-refractivity contribution is 0.186. The molecule has 5 nitrogen and oxygen atoms in total. The average molecular weight is 246 g/mol. The second kappa shape index (κ2) is 5.74. The molecule has 1 heterocycles. The molecule has 0 radical (unpaired) electrons. The highest BCUT2D eigenvalue weighted by molar-refractivity contribution is 5.48. The lowest BCUT2D eigenvalue weighted by atomic mass is 10.2. The highest BCUT2D eigenvalue weighted by atomic mass is 19.1. The molecule has 0 aromatic carbocycles. The second-order valence-corrected chi connectivity index (χ2v) is 3.83. The lowest BCUT2D eigenvalue weighted by Crippen LogP contribution is -2.25. The van der Waals surface area contributed by atoms with E-state index < -0.39 is 17.7 Å². The third kappa shape index (κ3) is 3.50. The van der Waals surface area contributed by atoms with Crippen molar-refractivity contribution >= 4 is 11.6 Å². The van der Waals surface area contributed by atoms with Gasteiger partial charge in [0.05, 0.1) is 6.10 Å². The van der Waals surface area contributed by atoms with Crippen molar-refractivity contribution in [3.8, 4) is 0 Å². The molecule has 0 bridgehead atoms. The molecule has 1 aromatic rings. The third-order valence-corrected chi connectivity index (χ3v) is 2.29. The summed E-state index contributed by atoms with van der Waals surface area (Å²) in [5.74, 6) is 3.21. The summed E-state index contributed by atoms with van der Waals surface area (Å²) < 4.78 is 26.6. The van der Waals surface area contributed by atoms with Gasteiger partial charge in [0, 0.05) is 19.7 Å². The van der Waals surface area contributed by atoms with Crippen LogP contribution < -0.4 is 16.2 Å². The molecule has 0 saturated heterocycles. The zero-order valence-electron chi connectivity index (χ0n) is 9.74. The first-order valence-corrected chi connectivity index (χ1v) is 5.17. The molecule has 0 aliphatic rings. The minimum atomic E-state index is -0.849. The minimum absolute atomic E-state index is 0.0139. The Bertz CT molecular complexity index is 387. The number of aromatic nitrogens is 1. The van der Waals surface area contributed by atoms with Crippen molar-refractivity contribution in [3.63, 3.8) is 0 Å². The number of pyridine rings is 1. The Balaban J connectivity index is 2.89. The van der Waals surface area contributed by atoms with Crippen molar-refractivity contribution in [3.05, 3.63) is 17.7 Å². The normalized spacial score (nSPS) is 12.4. The number of hydrogen-bond donors (Lipinski definition) is 3. The van der Waals surface area contributed by atoms with E-state index in [1.165, 1.54) is 4.90 Å². The molecule has 1 unspecified atom stereocenters. The van der Waals surface area contributed by atoms with Crippen LogP contribution in [0.3, 0.4) is 0 Å². The maximum Gasteiger partial charge on any atom is 0.178 e. The van der Waals surface area contributed by atoms with E-state index in [0.717, 1.165) is 6.07 Å². The Morgan fingerprint density at radius 3 is 2.71 bits per heavy atom. The van der Waals surface area contributed by atoms with E-state index in [1.807, 2.05) is 0 Å². The van der Waals surface area contributed by atoms with Gasteiger partial charge in [0.1, 0.15) is 0 Å². The Labute approximate surface area is 98.2 Å². The van der Waals surface area contributed by atoms with E-state index in [0.29, 0.717) is 13.0 Å². The van der Waals surface area contributed by atoms with Crippen molar-refractivity contribution in [1.82, 2.24) is 4.98 Å². The van der Waals surface area contributed by atoms with Crippen molar-refractivity contribution in [2.24, 2.45) is 5.84 Å². The largest absolute Gasteiger partial charge is 0.393 e. The third-order valence-electron chi connectivity index (χ3n) is 2.29. The molecule has 4 N–H and O–H groups in total. The van der Waals surface area contributed by atoms with Gasteiger partial charge in [-0.25, -0.2) is 19.6 Å². The van der Waals surface area contributed by atoms with Gasteiger partial charge in [-0.3, -0.25) is 0 Å². The molecule has 1 atom stereocenters. The van der Waals surface area contributed by atoms with Crippen LogP contribution in [0.15, 0.2) is 6.07 Å². The van der Waals surface area contributed by atoms with Crippen LogP contribution in [0.2, 0.25) is 0 Å². The van der Waals surface area contributed by atoms with Crippen LogP contribution in [-0.2, 0) is 0 Å². The summed E-state index contributed by atoms with van der Waals surface area (Å²) >= 11 is 0. The lowest BCUT2D eigenvalue weighted by Gasteiger charge is -2.20. The molecule has 96 valence electrons. The standard InChI is InChI=1S/C10H16F2N4O/c1-6(17)3-4-16(2)10-8(12)5-7(11)9(14-10)15-13/h5-6,17H,3-4,13H2,1-2H3,(H,14,15). The number of nitrogens with one attached hydrogen (secondary N) is 1. The molecule has 7 heteroatoms. The summed E-state index contributed by atoms with van der Waals surface area (Å²) in [6, 6.07) is 0.719. The van der Waals surface area contributed by atoms with Crippen LogP contribution in [0.25, 0.3) is 0 Å². The van der Waals surface area contributed by atoms with Gasteiger partial charge in [0.15, 0.2) is 23.3 Å². The number of aliphatic hydroxyl groups excluding tert-OH is 1. The second-order valence-electron chi connectivity index (χ2n) is 3.83. The number of nitrogens with two attached hydrogens (primary N) is 1. The van der Waals surface area contributed by atoms with Crippen LogP contribution in [0.1, 0.15) is 13.3 Å². The molecule has 0 amide bonds. The number of hydrogen-bond acceptors (Lipinski definition) is 5. The highest BCUT2D eigenvalue weighted by Crippen LogP contribution is 2.21. The fraction of sp³-hybridized carbons (Fsp3) is 0.500. The number of halogens is 2. The van der Waals surface area contributed by atoms with Crippen LogP contribution >= 0.6 is 0 Å². The van der Waals surface area contributed by atoms with Gasteiger partial charge in [-0.05, 0) is 13.3 Å². The first kappa shape index (κ1) is 13.6. The number of anilines is 2. The maximum absolute atomic E-state index is 13.5. The maximum atomic E-state index is 13.5. The van der Waals surface area contributed by atoms with E-state index in [2.05, 4.69) is 10.4 Å². The molecular formula is C10H16F2N4O. The van der Waals surface area contributed by atoms with Crippen LogP contribution in [-0.4, -0.2) is 29.8 Å². The average Bonchev–Trinajstić information content (AvgIpc) is 2.26. The molecule has 0 saturated carbocycles. The summed E-state index contributed by atoms with van der Waals surface area (Å²) in [5, 5.41) is 9.13. The first-order chi connectivity index (χ1) is 7.95. The van der Waals surface area contributed by atoms with E-state index >= 15 is 0 Å². The zero-order valence-corrected chi connectivity index (χ0v) is 9.74. The Hall–Kier alpha value is -1.47. The van der Waals surface area contributed by atoms with E-state index in [9.17, 15) is 8.78 Å². The molecule has 0 fully saturated rings. The predicted molar refractivity (Wildman–Crippen MR) is 61.5 cm³/mol. The number of aliphatic hydroxyl groups is 1. The molecule has 0 aliphatic heterocycles. The van der Waals surface area contributed by atoms with Crippen LogP contribution in [0.4, 0.5) is 20.4 Å². The number of nitrogen functional groups attached to an aromatic ring is 1. The van der Waals surface area contributed by atoms with E-state index in [1.54, 1.807) is 14.0 Å². The van der Waals surface area contributed by atoms with Crippen molar-refractivity contribution in [2.75, 3.05) is 23.9 Å². The van der Waals surface area contributed by atoms with Crippen LogP contribution in [0.5, 0.6) is 0 Å². The van der Waals surface area contributed by atoms with Gasteiger partial charge in [0.2, 0.25) is 0 Å². The Kier molecular flexibility index (Phi) is 4.59. The molecule has 17 heavy (non-hydrogen) atoms. The van der Waals surface area contributed by atoms with Crippen molar-refractivity contribution < 1.29 is 13.9 Å². The first-order valence-electron chi connectivity index (χ1n) is 5.17.